The molecule has 0 spiro atoms. The van der Waals surface area contributed by atoms with E-state index in [2.05, 4.69) is 5.32 Å². The lowest BCUT2D eigenvalue weighted by Gasteiger charge is -2.19. The van der Waals surface area contributed by atoms with E-state index in [-0.39, 0.29) is 0 Å². The van der Waals surface area contributed by atoms with Gasteiger partial charge in [-0.3, -0.25) is 9.00 Å². The zero-order chi connectivity index (χ0) is 15.7. The molecular formula is C16H15NO4S. The molecule has 2 aromatic rings. The molecule has 0 saturated carbocycles. The number of methoxy groups -OCH3 is 1. The van der Waals surface area contributed by atoms with Gasteiger partial charge in [0.15, 0.2) is 6.10 Å². The summed E-state index contributed by atoms with van der Waals surface area (Å²) in [5.74, 6) is 0.0987. The Kier molecular flexibility index (Phi) is 3.96. The average Bonchev–Trinajstić information content (AvgIpc) is 2.64. The molecule has 0 saturated heterocycles. The molecule has 0 fully saturated rings. The van der Waals surface area contributed by atoms with Gasteiger partial charge in [-0.1, -0.05) is 24.3 Å². The molecule has 1 aliphatic rings. The maximum absolute atomic E-state index is 12.9. The van der Waals surface area contributed by atoms with E-state index in [0.717, 1.165) is 0 Å². The van der Waals surface area contributed by atoms with Crippen molar-refractivity contribution in [3.63, 3.8) is 0 Å². The van der Waals surface area contributed by atoms with E-state index >= 15 is 0 Å². The topological polar surface area (TPSA) is 75.6 Å². The zero-order valence-electron chi connectivity index (χ0n) is 11.9. The third-order valence-corrected chi connectivity index (χ3v) is 5.37. The number of rotatable bonds is 2. The SMILES string of the molecule is COc1ccc([C@@H]2[C@@H](O)C(=O)Nc3ccccc3S2=O)cc1. The van der Waals surface area contributed by atoms with E-state index in [1.807, 2.05) is 0 Å². The molecule has 2 N–H and O–H groups in total. The molecule has 3 atom stereocenters. The van der Waals surface area contributed by atoms with Crippen LogP contribution in [0, 0.1) is 0 Å². The Bertz CT molecular complexity index is 729. The maximum atomic E-state index is 12.9. The second-order valence-corrected chi connectivity index (χ2v) is 6.46. The van der Waals surface area contributed by atoms with Gasteiger partial charge in [-0.15, -0.1) is 0 Å². The maximum Gasteiger partial charge on any atom is 0.254 e. The van der Waals surface area contributed by atoms with Crippen molar-refractivity contribution in [1.82, 2.24) is 0 Å². The number of anilines is 1. The molecule has 3 rings (SSSR count). The van der Waals surface area contributed by atoms with Crippen LogP contribution in [-0.2, 0) is 15.6 Å². The highest BCUT2D eigenvalue weighted by molar-refractivity contribution is 7.85. The Hall–Kier alpha value is -2.18. The average molecular weight is 317 g/mol. The number of benzene rings is 2. The fourth-order valence-electron chi connectivity index (χ4n) is 2.44. The molecule has 0 bridgehead atoms. The summed E-state index contributed by atoms with van der Waals surface area (Å²) >= 11 is 0. The van der Waals surface area contributed by atoms with Gasteiger partial charge in [0, 0.05) is 0 Å². The van der Waals surface area contributed by atoms with Crippen molar-refractivity contribution >= 4 is 22.4 Å². The number of aliphatic hydroxyl groups excluding tert-OH is 1. The Morgan fingerprint density at radius 1 is 1.14 bits per heavy atom. The molecule has 0 aromatic heterocycles. The van der Waals surface area contributed by atoms with E-state index in [9.17, 15) is 14.1 Å². The normalized spacial score (nSPS) is 24.1. The standard InChI is InChI=1S/C16H15NO4S/c1-21-11-8-6-10(7-9-11)15-14(18)16(19)17-12-4-2-3-5-13(12)22(15)20/h2-9,14-15,18H,1H3,(H,17,19)/t14-,15-,22?/m1/s1. The minimum atomic E-state index is -1.55. The van der Waals surface area contributed by atoms with Crippen molar-refractivity contribution in [2.75, 3.05) is 12.4 Å². The predicted molar refractivity (Wildman–Crippen MR) is 83.2 cm³/mol. The number of carbonyl (C=O) groups is 1. The van der Waals surface area contributed by atoms with Gasteiger partial charge in [0.05, 0.1) is 33.7 Å². The highest BCUT2D eigenvalue weighted by Gasteiger charge is 2.37. The summed E-state index contributed by atoms with van der Waals surface area (Å²) in [7, 11) is -0.00184. The molecule has 1 aliphatic heterocycles. The Labute approximate surface area is 130 Å². The van der Waals surface area contributed by atoms with Gasteiger partial charge in [-0.25, -0.2) is 0 Å². The van der Waals surface area contributed by atoms with E-state index in [0.29, 0.717) is 21.9 Å². The zero-order valence-corrected chi connectivity index (χ0v) is 12.7. The van der Waals surface area contributed by atoms with Crippen LogP contribution >= 0.6 is 0 Å². The number of fused-ring (bicyclic) bond motifs is 1. The second kappa shape index (κ2) is 5.90. The fraction of sp³-hybridized carbons (Fsp3) is 0.188. The number of hydrogen-bond donors (Lipinski definition) is 2. The van der Waals surface area contributed by atoms with Crippen LogP contribution in [0.25, 0.3) is 0 Å². The van der Waals surface area contributed by atoms with Crippen LogP contribution in [-0.4, -0.2) is 28.4 Å². The first-order valence-corrected chi connectivity index (χ1v) is 7.95. The first-order valence-electron chi connectivity index (χ1n) is 6.74. The first-order chi connectivity index (χ1) is 10.6. The first kappa shape index (κ1) is 14.7. The summed E-state index contributed by atoms with van der Waals surface area (Å²) < 4.78 is 18.0. The number of para-hydroxylation sites is 1. The molecular weight excluding hydrogens is 302 g/mol. The summed E-state index contributed by atoms with van der Waals surface area (Å²) in [6.07, 6.45) is -1.39. The van der Waals surface area contributed by atoms with Crippen LogP contribution < -0.4 is 10.1 Å². The van der Waals surface area contributed by atoms with E-state index in [1.54, 1.807) is 55.6 Å². The van der Waals surface area contributed by atoms with Gasteiger partial charge in [0.1, 0.15) is 5.75 Å². The quantitative estimate of drug-likeness (QED) is 0.886. The molecule has 1 amide bonds. The van der Waals surface area contributed by atoms with Gasteiger partial charge in [0.2, 0.25) is 0 Å². The molecule has 1 unspecified atom stereocenters. The van der Waals surface area contributed by atoms with Gasteiger partial charge < -0.3 is 15.2 Å². The van der Waals surface area contributed by atoms with Gasteiger partial charge in [-0.05, 0) is 29.8 Å². The van der Waals surface area contributed by atoms with Crippen LogP contribution in [0.3, 0.4) is 0 Å². The summed E-state index contributed by atoms with van der Waals surface area (Å²) in [6.45, 7) is 0. The van der Waals surface area contributed by atoms with Crippen molar-refractivity contribution in [2.24, 2.45) is 0 Å². The molecule has 1 heterocycles. The van der Waals surface area contributed by atoms with Crippen molar-refractivity contribution in [3.05, 3.63) is 54.1 Å². The Morgan fingerprint density at radius 2 is 1.82 bits per heavy atom. The summed E-state index contributed by atoms with van der Waals surface area (Å²) in [5, 5.41) is 12.1. The van der Waals surface area contributed by atoms with Crippen LogP contribution in [0.4, 0.5) is 5.69 Å². The lowest BCUT2D eigenvalue weighted by molar-refractivity contribution is -0.124. The summed E-state index contributed by atoms with van der Waals surface area (Å²) in [4.78, 5) is 12.6. The Morgan fingerprint density at radius 3 is 2.50 bits per heavy atom. The monoisotopic (exact) mass is 317 g/mol. The summed E-state index contributed by atoms with van der Waals surface area (Å²) in [5.41, 5.74) is 1.10. The van der Waals surface area contributed by atoms with E-state index in [1.165, 1.54) is 0 Å². The number of aliphatic hydroxyl groups is 1. The number of hydrogen-bond acceptors (Lipinski definition) is 4. The van der Waals surface area contributed by atoms with Crippen molar-refractivity contribution in [3.8, 4) is 5.75 Å². The summed E-state index contributed by atoms with van der Waals surface area (Å²) in [6, 6.07) is 13.7. The van der Waals surface area contributed by atoms with E-state index < -0.39 is 28.1 Å². The van der Waals surface area contributed by atoms with Crippen LogP contribution in [0.15, 0.2) is 53.4 Å². The third kappa shape index (κ3) is 2.51. The predicted octanol–water partition coefficient (Wildman–Crippen LogP) is 1.86. The minimum Gasteiger partial charge on any atom is -0.497 e. The largest absolute Gasteiger partial charge is 0.497 e. The van der Waals surface area contributed by atoms with Crippen molar-refractivity contribution in [2.45, 2.75) is 16.2 Å². The van der Waals surface area contributed by atoms with E-state index in [4.69, 9.17) is 4.74 Å². The number of nitrogens with one attached hydrogen (secondary N) is 1. The van der Waals surface area contributed by atoms with Gasteiger partial charge in [-0.2, -0.15) is 0 Å². The molecule has 5 nitrogen and oxygen atoms in total. The number of carbonyl (C=O) groups excluding carboxylic acids is 1. The molecule has 2 aromatic carbocycles. The van der Waals surface area contributed by atoms with Crippen LogP contribution in [0.5, 0.6) is 5.75 Å². The van der Waals surface area contributed by atoms with Gasteiger partial charge in [0.25, 0.3) is 5.91 Å². The molecule has 114 valence electrons. The Balaban J connectivity index is 2.08. The number of ether oxygens (including phenoxy) is 1. The smallest absolute Gasteiger partial charge is 0.254 e. The minimum absolute atomic E-state index is 0.473. The lowest BCUT2D eigenvalue weighted by atomic mass is 10.1. The molecule has 22 heavy (non-hydrogen) atoms. The lowest BCUT2D eigenvalue weighted by Crippen LogP contribution is -2.32. The van der Waals surface area contributed by atoms with Crippen molar-refractivity contribution in [1.29, 1.82) is 0 Å². The number of amides is 1. The highest BCUT2D eigenvalue weighted by atomic mass is 32.2. The third-order valence-electron chi connectivity index (χ3n) is 3.59. The van der Waals surface area contributed by atoms with Crippen LogP contribution in [0.1, 0.15) is 10.8 Å². The second-order valence-electron chi connectivity index (χ2n) is 4.92. The fourth-order valence-corrected chi connectivity index (χ4v) is 4.03. The molecule has 0 aliphatic carbocycles. The molecule has 6 heteroatoms. The van der Waals surface area contributed by atoms with Crippen LogP contribution in [0.2, 0.25) is 0 Å². The van der Waals surface area contributed by atoms with Crippen molar-refractivity contribution < 1.29 is 18.8 Å². The van der Waals surface area contributed by atoms with Gasteiger partial charge >= 0.3 is 0 Å². The highest BCUT2D eigenvalue weighted by Crippen LogP contribution is 2.35. The molecule has 0 radical (unpaired) electrons.